The van der Waals surface area contributed by atoms with Crippen LogP contribution in [-0.2, 0) is 7.05 Å². The molecule has 4 nitrogen and oxygen atoms in total. The van der Waals surface area contributed by atoms with Gasteiger partial charge < -0.3 is 14.3 Å². The lowest BCUT2D eigenvalue weighted by atomic mass is 9.92. The predicted octanol–water partition coefficient (Wildman–Crippen LogP) is 3.13. The van der Waals surface area contributed by atoms with Gasteiger partial charge in [-0.15, -0.1) is 0 Å². The number of rotatable bonds is 6. The highest BCUT2D eigenvalue weighted by molar-refractivity contribution is 5.16. The maximum absolute atomic E-state index is 5.60. The minimum absolute atomic E-state index is 0.0289. The van der Waals surface area contributed by atoms with Gasteiger partial charge in [-0.05, 0) is 36.3 Å². The number of aromatic nitrogens is 2. The second-order valence-electron chi connectivity index (χ2n) is 6.24. The van der Waals surface area contributed by atoms with Gasteiger partial charge in [-0.3, -0.25) is 0 Å². The lowest BCUT2D eigenvalue weighted by molar-refractivity contribution is 0.314. The van der Waals surface area contributed by atoms with Crippen molar-refractivity contribution in [3.63, 3.8) is 0 Å². The molecule has 1 aliphatic carbocycles. The van der Waals surface area contributed by atoms with Gasteiger partial charge in [-0.25, -0.2) is 4.98 Å². The molecular weight excluding hydrogens is 250 g/mol. The Balaban J connectivity index is 1.79. The van der Waals surface area contributed by atoms with Crippen LogP contribution >= 0.6 is 0 Å². The summed E-state index contributed by atoms with van der Waals surface area (Å²) in [6.45, 7) is 5.65. The Labute approximate surface area is 120 Å². The van der Waals surface area contributed by atoms with E-state index in [0.29, 0.717) is 11.3 Å². The average molecular weight is 273 g/mol. The van der Waals surface area contributed by atoms with Crippen molar-refractivity contribution in [2.45, 2.75) is 32.7 Å². The summed E-state index contributed by atoms with van der Waals surface area (Å²) in [6, 6.07) is 3.98. The van der Waals surface area contributed by atoms with Crippen LogP contribution in [-0.4, -0.2) is 16.1 Å². The monoisotopic (exact) mass is 273 g/mol. The summed E-state index contributed by atoms with van der Waals surface area (Å²) < 4.78 is 7.66. The number of aryl methyl sites for hydroxylation is 1. The highest BCUT2D eigenvalue weighted by atomic mass is 16.3. The van der Waals surface area contributed by atoms with E-state index < -0.39 is 0 Å². The van der Waals surface area contributed by atoms with Crippen molar-refractivity contribution in [1.29, 1.82) is 0 Å². The Bertz CT molecular complexity index is 552. The van der Waals surface area contributed by atoms with Crippen molar-refractivity contribution >= 4 is 0 Å². The molecule has 0 amide bonds. The lowest BCUT2D eigenvalue weighted by Gasteiger charge is -2.24. The largest absolute Gasteiger partial charge is 0.467 e. The summed E-state index contributed by atoms with van der Waals surface area (Å²) in [4.78, 5) is 4.48. The van der Waals surface area contributed by atoms with Gasteiger partial charge in [0.25, 0.3) is 0 Å². The van der Waals surface area contributed by atoms with Crippen molar-refractivity contribution in [3.8, 4) is 0 Å². The standard InChI is InChI=1S/C16H23N3O/c1-12(2)16(6-7-16)11-18-14(13-5-4-10-20-13)15-17-8-9-19(15)3/h4-5,8-10,12,14,18H,6-7,11H2,1-3H3. The molecule has 0 aromatic carbocycles. The fourth-order valence-corrected chi connectivity index (χ4v) is 2.85. The number of nitrogens with zero attached hydrogens (tertiary/aromatic N) is 2. The number of nitrogens with one attached hydrogen (secondary N) is 1. The molecule has 0 spiro atoms. The highest BCUT2D eigenvalue weighted by Crippen LogP contribution is 2.51. The summed E-state index contributed by atoms with van der Waals surface area (Å²) >= 11 is 0. The van der Waals surface area contributed by atoms with E-state index in [9.17, 15) is 0 Å². The summed E-state index contributed by atoms with van der Waals surface area (Å²) in [5.41, 5.74) is 0.468. The summed E-state index contributed by atoms with van der Waals surface area (Å²) in [6.07, 6.45) is 8.18. The Morgan fingerprint density at radius 2 is 2.25 bits per heavy atom. The topological polar surface area (TPSA) is 43.0 Å². The van der Waals surface area contributed by atoms with Crippen LogP contribution in [0.1, 0.15) is 44.3 Å². The molecule has 0 saturated heterocycles. The Hall–Kier alpha value is -1.55. The van der Waals surface area contributed by atoms with E-state index >= 15 is 0 Å². The molecule has 2 heterocycles. The van der Waals surface area contributed by atoms with Gasteiger partial charge in [0.1, 0.15) is 17.6 Å². The number of imidazole rings is 1. The first kappa shape index (κ1) is 13.4. The zero-order valence-corrected chi connectivity index (χ0v) is 12.5. The van der Waals surface area contributed by atoms with E-state index in [1.807, 2.05) is 31.6 Å². The fraction of sp³-hybridized carbons (Fsp3) is 0.562. The normalized spacial score (nSPS) is 18.4. The molecular formula is C16H23N3O. The third-order valence-corrected chi connectivity index (χ3v) is 4.72. The second-order valence-corrected chi connectivity index (χ2v) is 6.24. The number of furan rings is 1. The van der Waals surface area contributed by atoms with Crippen LogP contribution in [0.4, 0.5) is 0 Å². The summed E-state index contributed by atoms with van der Waals surface area (Å²) in [5, 5.41) is 3.67. The van der Waals surface area contributed by atoms with E-state index in [-0.39, 0.29) is 6.04 Å². The molecule has 0 radical (unpaired) electrons. The minimum Gasteiger partial charge on any atom is -0.467 e. The molecule has 1 fully saturated rings. The van der Waals surface area contributed by atoms with Gasteiger partial charge in [-0.2, -0.15) is 0 Å². The zero-order valence-electron chi connectivity index (χ0n) is 12.5. The molecule has 20 heavy (non-hydrogen) atoms. The number of hydrogen-bond donors (Lipinski definition) is 1. The van der Waals surface area contributed by atoms with Crippen molar-refractivity contribution in [2.24, 2.45) is 18.4 Å². The molecule has 2 aromatic rings. The first-order valence-corrected chi connectivity index (χ1v) is 7.36. The third-order valence-electron chi connectivity index (χ3n) is 4.72. The summed E-state index contributed by atoms with van der Waals surface area (Å²) in [5.74, 6) is 2.65. The lowest BCUT2D eigenvalue weighted by Crippen LogP contribution is -2.32. The Morgan fingerprint density at radius 3 is 2.75 bits per heavy atom. The van der Waals surface area contributed by atoms with Gasteiger partial charge in [0.2, 0.25) is 0 Å². The predicted molar refractivity (Wildman–Crippen MR) is 78.3 cm³/mol. The van der Waals surface area contributed by atoms with E-state index in [1.165, 1.54) is 12.8 Å². The molecule has 2 aromatic heterocycles. The molecule has 0 aliphatic heterocycles. The van der Waals surface area contributed by atoms with Crippen molar-refractivity contribution < 1.29 is 4.42 Å². The molecule has 1 unspecified atom stereocenters. The third kappa shape index (κ3) is 2.40. The van der Waals surface area contributed by atoms with E-state index in [0.717, 1.165) is 18.1 Å². The van der Waals surface area contributed by atoms with Crippen LogP contribution in [0, 0.1) is 11.3 Å². The smallest absolute Gasteiger partial charge is 0.133 e. The Morgan fingerprint density at radius 1 is 1.45 bits per heavy atom. The van der Waals surface area contributed by atoms with Gasteiger partial charge in [0.15, 0.2) is 0 Å². The molecule has 1 atom stereocenters. The van der Waals surface area contributed by atoms with Gasteiger partial charge in [0.05, 0.1) is 6.26 Å². The van der Waals surface area contributed by atoms with Gasteiger partial charge in [-0.1, -0.05) is 13.8 Å². The second kappa shape index (κ2) is 5.09. The number of hydrogen-bond acceptors (Lipinski definition) is 3. The maximum atomic E-state index is 5.60. The maximum Gasteiger partial charge on any atom is 0.133 e. The van der Waals surface area contributed by atoms with E-state index in [2.05, 4.69) is 28.7 Å². The summed E-state index contributed by atoms with van der Waals surface area (Å²) in [7, 11) is 2.02. The minimum atomic E-state index is 0.0289. The van der Waals surface area contributed by atoms with Gasteiger partial charge >= 0.3 is 0 Å². The molecule has 1 aliphatic rings. The van der Waals surface area contributed by atoms with Crippen LogP contribution in [0.25, 0.3) is 0 Å². The molecule has 0 bridgehead atoms. The first-order valence-electron chi connectivity index (χ1n) is 7.36. The quantitative estimate of drug-likeness (QED) is 0.879. The van der Waals surface area contributed by atoms with Crippen molar-refractivity contribution in [3.05, 3.63) is 42.4 Å². The highest BCUT2D eigenvalue weighted by Gasteiger charge is 2.45. The van der Waals surface area contributed by atoms with E-state index in [1.54, 1.807) is 6.26 Å². The van der Waals surface area contributed by atoms with E-state index in [4.69, 9.17) is 4.42 Å². The van der Waals surface area contributed by atoms with Crippen LogP contribution in [0.5, 0.6) is 0 Å². The van der Waals surface area contributed by atoms with Crippen LogP contribution < -0.4 is 5.32 Å². The molecule has 4 heteroatoms. The van der Waals surface area contributed by atoms with Crippen LogP contribution in [0.15, 0.2) is 35.2 Å². The van der Waals surface area contributed by atoms with Gasteiger partial charge in [0, 0.05) is 26.0 Å². The van der Waals surface area contributed by atoms with Crippen LogP contribution in [0.2, 0.25) is 0 Å². The molecule has 3 rings (SSSR count). The SMILES string of the molecule is CC(C)C1(CNC(c2ccco2)c2nccn2C)CC1. The van der Waals surface area contributed by atoms with Crippen molar-refractivity contribution in [1.82, 2.24) is 14.9 Å². The zero-order chi connectivity index (χ0) is 14.2. The molecule has 1 N–H and O–H groups in total. The first-order chi connectivity index (χ1) is 9.62. The molecule has 108 valence electrons. The fourth-order valence-electron chi connectivity index (χ4n) is 2.85. The molecule has 1 saturated carbocycles. The average Bonchev–Trinajstić information content (AvgIpc) is 2.83. The van der Waals surface area contributed by atoms with Crippen LogP contribution in [0.3, 0.4) is 0 Å². The Kier molecular flexibility index (Phi) is 3.42. The van der Waals surface area contributed by atoms with Crippen molar-refractivity contribution in [2.75, 3.05) is 6.54 Å².